The Labute approximate surface area is 142 Å². The molecule has 10 heteroatoms. The summed E-state index contributed by atoms with van der Waals surface area (Å²) in [4.78, 5) is 10.9. The van der Waals surface area contributed by atoms with Gasteiger partial charge in [-0.25, -0.2) is 4.68 Å². The second-order valence-electron chi connectivity index (χ2n) is 4.46. The number of rotatable bonds is 8. The second-order valence-corrected chi connectivity index (χ2v) is 5.25. The van der Waals surface area contributed by atoms with Crippen LogP contribution in [0.5, 0.6) is 11.5 Å². The van der Waals surface area contributed by atoms with E-state index < -0.39 is 5.91 Å². The quantitative estimate of drug-likeness (QED) is 0.619. The van der Waals surface area contributed by atoms with Gasteiger partial charge in [0.2, 0.25) is 4.77 Å². The van der Waals surface area contributed by atoms with Gasteiger partial charge in [-0.15, -0.1) is 0 Å². The number of aromatic amines is 1. The van der Waals surface area contributed by atoms with E-state index >= 15 is 0 Å². The highest BCUT2D eigenvalue weighted by Gasteiger charge is 2.13. The number of hydrogen-bond donors (Lipinski definition) is 3. The molecule has 0 aliphatic rings. The van der Waals surface area contributed by atoms with Gasteiger partial charge in [0, 0.05) is 0 Å². The van der Waals surface area contributed by atoms with E-state index in [0.717, 1.165) is 5.56 Å². The van der Waals surface area contributed by atoms with Crippen molar-refractivity contribution in [3.8, 4) is 11.5 Å². The number of nitrogens with one attached hydrogen (secondary N) is 2. The highest BCUT2D eigenvalue weighted by atomic mass is 35.5. The molecule has 0 radical (unpaired) electrons. The maximum Gasteiger partial charge on any atom is 0.255 e. The van der Waals surface area contributed by atoms with E-state index in [9.17, 15) is 4.79 Å². The van der Waals surface area contributed by atoms with Crippen molar-refractivity contribution in [3.63, 3.8) is 0 Å². The Morgan fingerprint density at radius 3 is 2.91 bits per heavy atom. The van der Waals surface area contributed by atoms with Gasteiger partial charge in [0.05, 0.1) is 18.2 Å². The van der Waals surface area contributed by atoms with E-state index in [1.807, 2.05) is 6.92 Å². The van der Waals surface area contributed by atoms with Crippen molar-refractivity contribution in [2.75, 3.05) is 18.6 Å². The number of nitrogens with zero attached hydrogens (tertiary/aromatic N) is 2. The Balaban J connectivity index is 2.19. The Kier molecular flexibility index (Phi) is 5.83. The molecule has 0 aliphatic heterocycles. The zero-order valence-corrected chi connectivity index (χ0v) is 13.9. The van der Waals surface area contributed by atoms with Gasteiger partial charge in [0.25, 0.3) is 5.91 Å². The minimum absolute atomic E-state index is 0.276. The molecule has 0 spiro atoms. The maximum absolute atomic E-state index is 10.9. The zero-order valence-electron chi connectivity index (χ0n) is 12.3. The van der Waals surface area contributed by atoms with Gasteiger partial charge in [0.1, 0.15) is 6.33 Å². The van der Waals surface area contributed by atoms with Crippen LogP contribution >= 0.6 is 23.8 Å². The summed E-state index contributed by atoms with van der Waals surface area (Å²) in [6, 6.07) is 3.47. The third-order valence-electron chi connectivity index (χ3n) is 2.73. The van der Waals surface area contributed by atoms with Gasteiger partial charge in [-0.2, -0.15) is 5.10 Å². The standard InChI is InChI=1S/C13H16ClN5O3S/c1-2-21-10-4-8(5-17-19-7-16-18-13(19)23)3-9(14)12(10)22-6-11(15)20/h3-4,7,17H,2,5-6H2,1H3,(H2,15,20)(H,18,23). The van der Waals surface area contributed by atoms with Crippen LogP contribution < -0.4 is 20.6 Å². The van der Waals surface area contributed by atoms with E-state index in [-0.39, 0.29) is 12.4 Å². The lowest BCUT2D eigenvalue weighted by atomic mass is 10.2. The molecule has 0 bridgehead atoms. The fourth-order valence-corrected chi connectivity index (χ4v) is 2.26. The van der Waals surface area contributed by atoms with Gasteiger partial charge < -0.3 is 20.6 Å². The molecule has 0 unspecified atom stereocenters. The summed E-state index contributed by atoms with van der Waals surface area (Å²) in [7, 11) is 0. The Bertz CT molecular complexity index is 745. The summed E-state index contributed by atoms with van der Waals surface area (Å²) in [5.41, 5.74) is 8.99. The van der Waals surface area contributed by atoms with Crippen molar-refractivity contribution in [1.82, 2.24) is 14.9 Å². The number of aromatic nitrogens is 3. The smallest absolute Gasteiger partial charge is 0.255 e. The second kappa shape index (κ2) is 7.84. The minimum Gasteiger partial charge on any atom is -0.490 e. The van der Waals surface area contributed by atoms with Crippen LogP contribution in [0.25, 0.3) is 0 Å². The average Bonchev–Trinajstić information content (AvgIpc) is 2.89. The molecule has 2 rings (SSSR count). The van der Waals surface area contributed by atoms with E-state index in [1.54, 1.807) is 16.8 Å². The summed E-state index contributed by atoms with van der Waals surface area (Å²) in [5, 5.41) is 6.77. The van der Waals surface area contributed by atoms with Crippen LogP contribution in [0, 0.1) is 4.77 Å². The third-order valence-corrected chi connectivity index (χ3v) is 3.30. The van der Waals surface area contributed by atoms with Crippen molar-refractivity contribution in [1.29, 1.82) is 0 Å². The monoisotopic (exact) mass is 357 g/mol. The SMILES string of the molecule is CCOc1cc(CNn2cn[nH]c2=S)cc(Cl)c1OCC(N)=O. The fourth-order valence-electron chi connectivity index (χ4n) is 1.81. The molecule has 2 aromatic rings. The summed E-state index contributed by atoms with van der Waals surface area (Å²) >= 11 is 11.3. The first kappa shape index (κ1) is 17.1. The van der Waals surface area contributed by atoms with Crippen LogP contribution in [0.4, 0.5) is 0 Å². The van der Waals surface area contributed by atoms with E-state index in [4.69, 9.17) is 39.0 Å². The number of amides is 1. The van der Waals surface area contributed by atoms with Crippen LogP contribution in [-0.2, 0) is 11.3 Å². The van der Waals surface area contributed by atoms with Crippen molar-refractivity contribution in [2.24, 2.45) is 5.73 Å². The van der Waals surface area contributed by atoms with E-state index in [0.29, 0.717) is 28.7 Å². The number of ether oxygens (including phenoxy) is 2. The van der Waals surface area contributed by atoms with Gasteiger partial charge in [-0.3, -0.25) is 9.89 Å². The van der Waals surface area contributed by atoms with Crippen LogP contribution in [0.1, 0.15) is 12.5 Å². The Morgan fingerprint density at radius 2 is 2.30 bits per heavy atom. The maximum atomic E-state index is 10.9. The largest absolute Gasteiger partial charge is 0.490 e. The van der Waals surface area contributed by atoms with Gasteiger partial charge >= 0.3 is 0 Å². The molecular formula is C13H16ClN5O3S. The first-order valence-electron chi connectivity index (χ1n) is 6.73. The first-order valence-corrected chi connectivity index (χ1v) is 7.52. The molecular weight excluding hydrogens is 342 g/mol. The van der Waals surface area contributed by atoms with Crippen molar-refractivity contribution < 1.29 is 14.3 Å². The molecule has 124 valence electrons. The Morgan fingerprint density at radius 1 is 1.52 bits per heavy atom. The molecule has 23 heavy (non-hydrogen) atoms. The lowest BCUT2D eigenvalue weighted by molar-refractivity contribution is -0.119. The number of halogens is 1. The fraction of sp³-hybridized carbons (Fsp3) is 0.308. The van der Waals surface area contributed by atoms with Crippen LogP contribution in [-0.4, -0.2) is 34.0 Å². The minimum atomic E-state index is -0.594. The van der Waals surface area contributed by atoms with Gasteiger partial charge in [0.15, 0.2) is 18.1 Å². The predicted molar refractivity (Wildman–Crippen MR) is 87.8 cm³/mol. The molecule has 0 aliphatic carbocycles. The first-order chi connectivity index (χ1) is 11.0. The normalized spacial score (nSPS) is 10.3. The topological polar surface area (TPSA) is 107 Å². The average molecular weight is 358 g/mol. The molecule has 0 saturated heterocycles. The summed E-state index contributed by atoms with van der Waals surface area (Å²) in [5.74, 6) is 0.133. The van der Waals surface area contributed by atoms with Crippen LogP contribution in [0.2, 0.25) is 5.02 Å². The van der Waals surface area contributed by atoms with Gasteiger partial charge in [-0.1, -0.05) is 11.6 Å². The van der Waals surface area contributed by atoms with Crippen LogP contribution in [0.15, 0.2) is 18.5 Å². The summed E-state index contributed by atoms with van der Waals surface area (Å²) in [6.45, 7) is 2.42. The molecule has 1 amide bonds. The molecule has 1 heterocycles. The number of H-pyrrole nitrogens is 1. The summed E-state index contributed by atoms with van der Waals surface area (Å²) in [6.07, 6.45) is 1.53. The van der Waals surface area contributed by atoms with Crippen molar-refractivity contribution in [3.05, 3.63) is 33.8 Å². The molecule has 1 aromatic heterocycles. The third kappa shape index (κ3) is 4.60. The van der Waals surface area contributed by atoms with E-state index in [2.05, 4.69) is 15.6 Å². The number of carbonyl (C=O) groups is 1. The predicted octanol–water partition coefficient (Wildman–Crippen LogP) is 1.60. The van der Waals surface area contributed by atoms with E-state index in [1.165, 1.54) is 6.33 Å². The molecule has 4 N–H and O–H groups in total. The van der Waals surface area contributed by atoms with Crippen molar-refractivity contribution >= 4 is 29.7 Å². The lowest BCUT2D eigenvalue weighted by Crippen LogP contribution is -2.20. The lowest BCUT2D eigenvalue weighted by Gasteiger charge is -2.15. The highest BCUT2D eigenvalue weighted by Crippen LogP contribution is 2.36. The number of nitrogens with two attached hydrogens (primary N) is 1. The number of hydrogen-bond acceptors (Lipinski definition) is 6. The highest BCUT2D eigenvalue weighted by molar-refractivity contribution is 7.71. The zero-order chi connectivity index (χ0) is 16.8. The van der Waals surface area contributed by atoms with Crippen LogP contribution in [0.3, 0.4) is 0 Å². The molecule has 1 aromatic carbocycles. The van der Waals surface area contributed by atoms with Crippen molar-refractivity contribution in [2.45, 2.75) is 13.5 Å². The molecule has 0 fully saturated rings. The molecule has 0 atom stereocenters. The molecule has 0 saturated carbocycles. The molecule has 8 nitrogen and oxygen atoms in total. The Hall–Kier alpha value is -2.26. The number of benzene rings is 1. The number of carbonyl (C=O) groups excluding carboxylic acids is 1. The van der Waals surface area contributed by atoms with Gasteiger partial charge in [-0.05, 0) is 36.8 Å². The summed E-state index contributed by atoms with van der Waals surface area (Å²) < 4.78 is 12.9. The number of primary amides is 1.